The van der Waals surface area contributed by atoms with Crippen molar-refractivity contribution in [3.05, 3.63) is 29.6 Å². The summed E-state index contributed by atoms with van der Waals surface area (Å²) < 4.78 is 14.2. The highest BCUT2D eigenvalue weighted by molar-refractivity contribution is 5.50. The third kappa shape index (κ3) is 3.32. The summed E-state index contributed by atoms with van der Waals surface area (Å²) in [6, 6.07) is 6.27. The Hall–Kier alpha value is -1.09. The van der Waals surface area contributed by atoms with Crippen LogP contribution in [-0.2, 0) is 6.54 Å². The second kappa shape index (κ2) is 5.72. The molecule has 2 atom stereocenters. The maximum atomic E-state index is 14.2. The van der Waals surface area contributed by atoms with E-state index < -0.39 is 0 Å². The fraction of sp³-hybridized carbons (Fsp3) is 0.647. The monoisotopic (exact) mass is 276 g/mol. The molecule has 1 aliphatic carbocycles. The summed E-state index contributed by atoms with van der Waals surface area (Å²) in [7, 11) is 0. The van der Waals surface area contributed by atoms with Crippen molar-refractivity contribution >= 4 is 5.69 Å². The fourth-order valence-corrected chi connectivity index (χ4v) is 3.32. The topological polar surface area (TPSA) is 15.3 Å². The van der Waals surface area contributed by atoms with Crippen LogP contribution in [0.25, 0.3) is 0 Å². The molecule has 2 nitrogen and oxygen atoms in total. The highest BCUT2D eigenvalue weighted by atomic mass is 19.1. The summed E-state index contributed by atoms with van der Waals surface area (Å²) >= 11 is 0. The smallest absolute Gasteiger partial charge is 0.146 e. The summed E-state index contributed by atoms with van der Waals surface area (Å²) in [5.74, 6) is 1.21. The van der Waals surface area contributed by atoms with Gasteiger partial charge in [-0.15, -0.1) is 0 Å². The zero-order valence-electron chi connectivity index (χ0n) is 12.5. The third-order valence-electron chi connectivity index (χ3n) is 4.39. The summed E-state index contributed by atoms with van der Waals surface area (Å²) in [5, 5.41) is 3.50. The number of halogens is 1. The fourth-order valence-electron chi connectivity index (χ4n) is 3.32. The first-order valence-corrected chi connectivity index (χ1v) is 7.88. The third-order valence-corrected chi connectivity index (χ3v) is 4.39. The van der Waals surface area contributed by atoms with Crippen LogP contribution in [0.5, 0.6) is 0 Å². The molecule has 110 valence electrons. The Bertz CT molecular complexity index is 460. The molecule has 1 saturated carbocycles. The molecule has 20 heavy (non-hydrogen) atoms. The molecule has 1 aliphatic heterocycles. The van der Waals surface area contributed by atoms with Crippen LogP contribution in [0.4, 0.5) is 10.1 Å². The number of hydrogen-bond acceptors (Lipinski definition) is 2. The SMILES string of the molecule is CC1CC(C)CN(c2cc(CNC3CC3)ccc2F)C1. The van der Waals surface area contributed by atoms with Crippen molar-refractivity contribution in [2.75, 3.05) is 18.0 Å². The molecule has 3 heteroatoms. The lowest BCUT2D eigenvalue weighted by atomic mass is 9.91. The number of nitrogens with zero attached hydrogens (tertiary/aromatic N) is 1. The van der Waals surface area contributed by atoms with Gasteiger partial charge in [0.1, 0.15) is 5.82 Å². The lowest BCUT2D eigenvalue weighted by molar-refractivity contribution is 0.354. The number of piperidine rings is 1. The molecule has 1 aromatic carbocycles. The standard InChI is InChI=1S/C17H25FN2/c1-12-7-13(2)11-20(10-12)17-8-14(3-6-16(17)18)9-19-15-4-5-15/h3,6,8,12-13,15,19H,4-5,7,9-11H2,1-2H3. The van der Waals surface area contributed by atoms with Gasteiger partial charge in [-0.25, -0.2) is 4.39 Å². The molecule has 0 spiro atoms. The van der Waals surface area contributed by atoms with Crippen molar-refractivity contribution in [1.82, 2.24) is 5.32 Å². The Morgan fingerprint density at radius 3 is 2.55 bits per heavy atom. The molecule has 1 aromatic rings. The van der Waals surface area contributed by atoms with E-state index in [0.29, 0.717) is 17.9 Å². The van der Waals surface area contributed by atoms with Gasteiger partial charge in [-0.2, -0.15) is 0 Å². The summed E-state index contributed by atoms with van der Waals surface area (Å²) in [6.45, 7) is 7.33. The van der Waals surface area contributed by atoms with Crippen LogP contribution < -0.4 is 10.2 Å². The first kappa shape index (κ1) is 13.9. The van der Waals surface area contributed by atoms with Crippen LogP contribution in [0.2, 0.25) is 0 Å². The van der Waals surface area contributed by atoms with Crippen molar-refractivity contribution in [3.8, 4) is 0 Å². The second-order valence-corrected chi connectivity index (χ2v) is 6.79. The zero-order chi connectivity index (χ0) is 14.1. The van der Waals surface area contributed by atoms with Gasteiger partial charge in [0, 0.05) is 25.7 Å². The van der Waals surface area contributed by atoms with Crippen LogP contribution in [0.3, 0.4) is 0 Å². The van der Waals surface area contributed by atoms with E-state index in [-0.39, 0.29) is 5.82 Å². The van der Waals surface area contributed by atoms with Crippen molar-refractivity contribution in [3.63, 3.8) is 0 Å². The van der Waals surface area contributed by atoms with Gasteiger partial charge in [-0.1, -0.05) is 19.9 Å². The molecular weight excluding hydrogens is 251 g/mol. The number of hydrogen-bond donors (Lipinski definition) is 1. The van der Waals surface area contributed by atoms with Crippen LogP contribution in [-0.4, -0.2) is 19.1 Å². The largest absolute Gasteiger partial charge is 0.369 e. The number of anilines is 1. The van der Waals surface area contributed by atoms with Gasteiger partial charge in [0.05, 0.1) is 5.69 Å². The summed E-state index contributed by atoms with van der Waals surface area (Å²) in [6.07, 6.45) is 3.82. The van der Waals surface area contributed by atoms with Crippen LogP contribution in [0.1, 0.15) is 38.7 Å². The van der Waals surface area contributed by atoms with Gasteiger partial charge < -0.3 is 10.2 Å². The van der Waals surface area contributed by atoms with Gasteiger partial charge in [-0.05, 0) is 48.8 Å². The first-order chi connectivity index (χ1) is 9.61. The van der Waals surface area contributed by atoms with Crippen LogP contribution >= 0.6 is 0 Å². The molecular formula is C17H25FN2. The highest BCUT2D eigenvalue weighted by Gasteiger charge is 2.24. The van der Waals surface area contributed by atoms with E-state index in [2.05, 4.69) is 24.1 Å². The molecule has 0 amide bonds. The Balaban J connectivity index is 1.74. The Morgan fingerprint density at radius 2 is 1.90 bits per heavy atom. The predicted molar refractivity (Wildman–Crippen MR) is 81.4 cm³/mol. The predicted octanol–water partition coefficient (Wildman–Crippen LogP) is 3.56. The highest BCUT2D eigenvalue weighted by Crippen LogP contribution is 2.29. The average molecular weight is 276 g/mol. The van der Waals surface area contributed by atoms with E-state index in [1.165, 1.54) is 24.8 Å². The maximum absolute atomic E-state index is 14.2. The minimum Gasteiger partial charge on any atom is -0.369 e. The van der Waals surface area contributed by atoms with E-state index in [4.69, 9.17) is 0 Å². The minimum atomic E-state index is -0.0820. The minimum absolute atomic E-state index is 0.0820. The maximum Gasteiger partial charge on any atom is 0.146 e. The number of nitrogens with one attached hydrogen (secondary N) is 1. The molecule has 1 heterocycles. The number of benzene rings is 1. The van der Waals surface area contributed by atoms with Gasteiger partial charge in [0.25, 0.3) is 0 Å². The van der Waals surface area contributed by atoms with E-state index in [1.54, 1.807) is 6.07 Å². The molecule has 2 unspecified atom stereocenters. The van der Waals surface area contributed by atoms with Gasteiger partial charge in [0.15, 0.2) is 0 Å². The lowest BCUT2D eigenvalue weighted by Crippen LogP contribution is -2.39. The molecule has 2 aliphatic rings. The molecule has 1 N–H and O–H groups in total. The molecule has 0 aromatic heterocycles. The molecule has 1 saturated heterocycles. The first-order valence-electron chi connectivity index (χ1n) is 7.88. The second-order valence-electron chi connectivity index (χ2n) is 6.79. The quantitative estimate of drug-likeness (QED) is 0.904. The Kier molecular flexibility index (Phi) is 3.97. The molecule has 0 bridgehead atoms. The van der Waals surface area contributed by atoms with Crippen molar-refractivity contribution in [2.45, 2.75) is 45.7 Å². The van der Waals surface area contributed by atoms with Crippen molar-refractivity contribution in [2.24, 2.45) is 11.8 Å². The summed E-state index contributed by atoms with van der Waals surface area (Å²) in [4.78, 5) is 2.23. The summed E-state index contributed by atoms with van der Waals surface area (Å²) in [5.41, 5.74) is 1.98. The van der Waals surface area contributed by atoms with E-state index in [1.807, 2.05) is 12.1 Å². The van der Waals surface area contributed by atoms with E-state index in [0.717, 1.165) is 25.3 Å². The van der Waals surface area contributed by atoms with Crippen LogP contribution in [0, 0.1) is 17.7 Å². The molecule has 2 fully saturated rings. The van der Waals surface area contributed by atoms with Gasteiger partial charge in [-0.3, -0.25) is 0 Å². The van der Waals surface area contributed by atoms with E-state index in [9.17, 15) is 4.39 Å². The molecule has 3 rings (SSSR count). The van der Waals surface area contributed by atoms with Crippen LogP contribution in [0.15, 0.2) is 18.2 Å². The van der Waals surface area contributed by atoms with Gasteiger partial charge >= 0.3 is 0 Å². The van der Waals surface area contributed by atoms with Crippen molar-refractivity contribution in [1.29, 1.82) is 0 Å². The number of rotatable bonds is 4. The normalized spacial score (nSPS) is 26.9. The zero-order valence-corrected chi connectivity index (χ0v) is 12.5. The Labute approximate surface area is 121 Å². The average Bonchev–Trinajstić information content (AvgIpc) is 3.20. The van der Waals surface area contributed by atoms with Crippen molar-refractivity contribution < 1.29 is 4.39 Å². The van der Waals surface area contributed by atoms with Gasteiger partial charge in [0.2, 0.25) is 0 Å². The lowest BCUT2D eigenvalue weighted by Gasteiger charge is -2.37. The Morgan fingerprint density at radius 1 is 1.20 bits per heavy atom. The van der Waals surface area contributed by atoms with E-state index >= 15 is 0 Å². The molecule has 0 radical (unpaired) electrons.